The van der Waals surface area contributed by atoms with Gasteiger partial charge in [-0.2, -0.15) is 5.10 Å². The van der Waals surface area contributed by atoms with Gasteiger partial charge in [-0.25, -0.2) is 5.01 Å². The van der Waals surface area contributed by atoms with Crippen LogP contribution < -0.4 is 4.74 Å². The van der Waals surface area contributed by atoms with E-state index >= 15 is 0 Å². The van der Waals surface area contributed by atoms with Gasteiger partial charge in [-0.05, 0) is 29.8 Å². The van der Waals surface area contributed by atoms with Crippen LogP contribution in [0.3, 0.4) is 0 Å². The maximum absolute atomic E-state index is 6.38. The van der Waals surface area contributed by atoms with Gasteiger partial charge in [0.05, 0.1) is 11.8 Å². The average molecular weight is 440 g/mol. The normalized spacial score (nSPS) is 20.5. The lowest BCUT2D eigenvalue weighted by atomic mass is 9.96. The summed E-state index contributed by atoms with van der Waals surface area (Å²) in [6.07, 6.45) is 0.563. The molecule has 5 rings (SSSR count). The Morgan fingerprint density at radius 1 is 0.926 bits per heavy atom. The standard InChI is InChI=1S/C22H16BrClN2O/c23-18-7-3-1-5-16(18)22-26-20(17-6-2-4-8-21(17)27-22)13-19(25-26)14-9-11-15(24)12-10-14/h1-12,20,22H,13H2. The van der Waals surface area contributed by atoms with Gasteiger partial charge < -0.3 is 4.74 Å². The third-order valence-electron chi connectivity index (χ3n) is 5.05. The second-order valence-corrected chi connectivity index (χ2v) is 7.97. The molecule has 3 aromatic rings. The number of halogens is 2. The summed E-state index contributed by atoms with van der Waals surface area (Å²) < 4.78 is 7.40. The molecule has 0 bridgehead atoms. The number of rotatable bonds is 2. The van der Waals surface area contributed by atoms with E-state index in [2.05, 4.69) is 39.1 Å². The first kappa shape index (κ1) is 16.8. The molecule has 0 aromatic heterocycles. The summed E-state index contributed by atoms with van der Waals surface area (Å²) in [6, 6.07) is 24.4. The lowest BCUT2D eigenvalue weighted by Gasteiger charge is -2.38. The molecular weight excluding hydrogens is 424 g/mol. The molecule has 134 valence electrons. The van der Waals surface area contributed by atoms with Crippen LogP contribution in [0.2, 0.25) is 5.02 Å². The molecule has 0 aliphatic carbocycles. The molecule has 2 unspecified atom stereocenters. The van der Waals surface area contributed by atoms with Crippen molar-refractivity contribution < 1.29 is 4.74 Å². The van der Waals surface area contributed by atoms with Crippen molar-refractivity contribution in [2.75, 3.05) is 0 Å². The molecule has 27 heavy (non-hydrogen) atoms. The van der Waals surface area contributed by atoms with Crippen LogP contribution in [0.1, 0.15) is 35.4 Å². The Kier molecular flexibility index (Phi) is 4.18. The lowest BCUT2D eigenvalue weighted by Crippen LogP contribution is -2.33. The van der Waals surface area contributed by atoms with E-state index in [1.165, 1.54) is 5.56 Å². The smallest absolute Gasteiger partial charge is 0.214 e. The highest BCUT2D eigenvalue weighted by molar-refractivity contribution is 9.10. The molecule has 3 aromatic carbocycles. The zero-order valence-corrected chi connectivity index (χ0v) is 16.7. The molecule has 0 N–H and O–H groups in total. The van der Waals surface area contributed by atoms with E-state index in [9.17, 15) is 0 Å². The van der Waals surface area contributed by atoms with Crippen LogP contribution in [0.5, 0.6) is 5.75 Å². The minimum Gasteiger partial charge on any atom is -0.464 e. The first-order chi connectivity index (χ1) is 13.2. The first-order valence-electron chi connectivity index (χ1n) is 8.82. The number of ether oxygens (including phenoxy) is 1. The van der Waals surface area contributed by atoms with E-state index in [1.54, 1.807) is 0 Å². The first-order valence-corrected chi connectivity index (χ1v) is 9.99. The fourth-order valence-corrected chi connectivity index (χ4v) is 4.34. The second kappa shape index (κ2) is 6.70. The third kappa shape index (κ3) is 2.93. The van der Waals surface area contributed by atoms with Crippen LogP contribution >= 0.6 is 27.5 Å². The molecule has 3 nitrogen and oxygen atoms in total. The van der Waals surface area contributed by atoms with Crippen molar-refractivity contribution in [3.63, 3.8) is 0 Å². The predicted octanol–water partition coefficient (Wildman–Crippen LogP) is 6.34. The second-order valence-electron chi connectivity index (χ2n) is 6.68. The number of hydrogen-bond donors (Lipinski definition) is 0. The SMILES string of the molecule is Clc1ccc(C2=NN3C(C2)c2ccccc2OC3c2ccccc2Br)cc1. The van der Waals surface area contributed by atoms with E-state index in [-0.39, 0.29) is 12.3 Å². The molecule has 0 radical (unpaired) electrons. The van der Waals surface area contributed by atoms with E-state index < -0.39 is 0 Å². The van der Waals surface area contributed by atoms with E-state index in [4.69, 9.17) is 21.4 Å². The van der Waals surface area contributed by atoms with E-state index in [1.807, 2.05) is 54.6 Å². The molecule has 0 saturated carbocycles. The number of para-hydroxylation sites is 1. The maximum atomic E-state index is 6.38. The summed E-state index contributed by atoms with van der Waals surface area (Å²) in [6.45, 7) is 0. The number of fused-ring (bicyclic) bond motifs is 3. The number of benzene rings is 3. The van der Waals surface area contributed by atoms with Gasteiger partial charge in [0.1, 0.15) is 5.75 Å². The summed E-state index contributed by atoms with van der Waals surface area (Å²) in [5.41, 5.74) is 4.39. The highest BCUT2D eigenvalue weighted by Gasteiger charge is 2.41. The zero-order chi connectivity index (χ0) is 18.4. The van der Waals surface area contributed by atoms with Crippen molar-refractivity contribution in [1.29, 1.82) is 0 Å². The molecule has 2 atom stereocenters. The summed E-state index contributed by atoms with van der Waals surface area (Å²) in [4.78, 5) is 0. The Labute approximate surface area is 171 Å². The van der Waals surface area contributed by atoms with Crippen molar-refractivity contribution in [2.45, 2.75) is 18.7 Å². The predicted molar refractivity (Wildman–Crippen MR) is 111 cm³/mol. The largest absolute Gasteiger partial charge is 0.464 e. The van der Waals surface area contributed by atoms with Crippen LogP contribution in [0.25, 0.3) is 0 Å². The van der Waals surface area contributed by atoms with Crippen molar-refractivity contribution >= 4 is 33.2 Å². The van der Waals surface area contributed by atoms with Crippen molar-refractivity contribution in [3.8, 4) is 5.75 Å². The van der Waals surface area contributed by atoms with Crippen LogP contribution in [-0.2, 0) is 0 Å². The van der Waals surface area contributed by atoms with Gasteiger partial charge in [0.25, 0.3) is 0 Å². The molecule has 0 spiro atoms. The average Bonchev–Trinajstić information content (AvgIpc) is 3.14. The molecule has 2 heterocycles. The molecule has 0 amide bonds. The number of hydrazone groups is 1. The Morgan fingerprint density at radius 2 is 1.63 bits per heavy atom. The van der Waals surface area contributed by atoms with Gasteiger partial charge in [-0.1, -0.05) is 76.1 Å². The van der Waals surface area contributed by atoms with Gasteiger partial charge >= 0.3 is 0 Å². The Balaban J connectivity index is 1.61. The number of hydrogen-bond acceptors (Lipinski definition) is 3. The minimum absolute atomic E-state index is 0.151. The van der Waals surface area contributed by atoms with Crippen LogP contribution in [0.15, 0.2) is 82.4 Å². The minimum atomic E-state index is -0.273. The quantitative estimate of drug-likeness (QED) is 0.465. The van der Waals surface area contributed by atoms with Gasteiger partial charge in [0, 0.05) is 27.0 Å². The summed E-state index contributed by atoms with van der Waals surface area (Å²) in [7, 11) is 0. The molecule has 0 saturated heterocycles. The van der Waals surface area contributed by atoms with Gasteiger partial charge in [0.2, 0.25) is 6.23 Å². The highest BCUT2D eigenvalue weighted by atomic mass is 79.9. The fraction of sp³-hybridized carbons (Fsp3) is 0.136. The van der Waals surface area contributed by atoms with Gasteiger partial charge in [-0.15, -0.1) is 0 Å². The van der Waals surface area contributed by atoms with E-state index in [0.29, 0.717) is 0 Å². The highest BCUT2D eigenvalue weighted by Crippen LogP contribution is 2.48. The molecule has 2 aliphatic heterocycles. The Morgan fingerprint density at radius 3 is 2.41 bits per heavy atom. The fourth-order valence-electron chi connectivity index (χ4n) is 3.73. The Hall–Kier alpha value is -2.30. The maximum Gasteiger partial charge on any atom is 0.214 e. The van der Waals surface area contributed by atoms with Crippen molar-refractivity contribution in [1.82, 2.24) is 5.01 Å². The van der Waals surface area contributed by atoms with Gasteiger partial charge in [0.15, 0.2) is 0 Å². The summed E-state index contributed by atoms with van der Waals surface area (Å²) >= 11 is 9.72. The van der Waals surface area contributed by atoms with Gasteiger partial charge in [-0.3, -0.25) is 0 Å². The lowest BCUT2D eigenvalue weighted by molar-refractivity contribution is -0.0195. The zero-order valence-electron chi connectivity index (χ0n) is 14.3. The van der Waals surface area contributed by atoms with Crippen LogP contribution in [0.4, 0.5) is 0 Å². The molecule has 2 aliphatic rings. The molecular formula is C22H16BrClN2O. The Bertz CT molecular complexity index is 1030. The molecule has 5 heteroatoms. The number of nitrogens with zero attached hydrogens (tertiary/aromatic N) is 2. The van der Waals surface area contributed by atoms with Crippen molar-refractivity contribution in [3.05, 3.63) is 99.0 Å². The topological polar surface area (TPSA) is 24.8 Å². The summed E-state index contributed by atoms with van der Waals surface area (Å²) in [5.74, 6) is 0.923. The van der Waals surface area contributed by atoms with E-state index in [0.717, 1.165) is 38.5 Å². The third-order valence-corrected chi connectivity index (χ3v) is 6.02. The van der Waals surface area contributed by atoms with Crippen LogP contribution in [0, 0.1) is 0 Å². The summed E-state index contributed by atoms with van der Waals surface area (Å²) in [5, 5.41) is 7.79. The molecule has 0 fully saturated rings. The monoisotopic (exact) mass is 438 g/mol. The van der Waals surface area contributed by atoms with Crippen LogP contribution in [-0.4, -0.2) is 10.7 Å². The van der Waals surface area contributed by atoms with Crippen molar-refractivity contribution in [2.24, 2.45) is 5.10 Å².